The Hall–Kier alpha value is -1.88. The van der Waals surface area contributed by atoms with Crippen LogP contribution >= 0.6 is 0 Å². The monoisotopic (exact) mass is 222 g/mol. The van der Waals surface area contributed by atoms with Crippen LogP contribution in [0.25, 0.3) is 0 Å². The van der Waals surface area contributed by atoms with Crippen LogP contribution in [0.2, 0.25) is 0 Å². The Balaban J connectivity index is 2.74. The van der Waals surface area contributed by atoms with Crippen molar-refractivity contribution in [2.45, 2.75) is 6.92 Å². The van der Waals surface area contributed by atoms with Crippen molar-refractivity contribution in [1.29, 1.82) is 0 Å². The van der Waals surface area contributed by atoms with Gasteiger partial charge in [0, 0.05) is 0 Å². The summed E-state index contributed by atoms with van der Waals surface area (Å²) in [5.41, 5.74) is 0.618. The highest BCUT2D eigenvalue weighted by atomic mass is 16.7. The number of hydrogen-bond acceptors (Lipinski definition) is 3. The fraction of sp³-hybridized carbons (Fsp3) is 0.273. The molecule has 0 atom stereocenters. The lowest BCUT2D eigenvalue weighted by Crippen LogP contribution is -2.40. The van der Waals surface area contributed by atoms with Crippen molar-refractivity contribution in [1.82, 2.24) is 5.32 Å². The summed E-state index contributed by atoms with van der Waals surface area (Å²) in [7, 11) is 0. The molecule has 5 nitrogen and oxygen atoms in total. The minimum Gasteiger partial charge on any atom is -0.329 e. The molecule has 0 aliphatic carbocycles. The van der Waals surface area contributed by atoms with Crippen LogP contribution in [-0.4, -0.2) is 25.5 Å². The fourth-order valence-electron chi connectivity index (χ4n) is 1.14. The zero-order valence-corrected chi connectivity index (χ0v) is 9.05. The van der Waals surface area contributed by atoms with Crippen LogP contribution in [0.15, 0.2) is 30.3 Å². The molecule has 86 valence electrons. The van der Waals surface area contributed by atoms with Crippen molar-refractivity contribution in [3.8, 4) is 0 Å². The maximum atomic E-state index is 11.6. The van der Waals surface area contributed by atoms with Crippen molar-refractivity contribution >= 4 is 18.0 Å². The molecule has 0 aliphatic rings. The van der Waals surface area contributed by atoms with Crippen molar-refractivity contribution in [2.75, 3.05) is 18.2 Å². The van der Waals surface area contributed by atoms with Crippen LogP contribution in [0, 0.1) is 0 Å². The molecule has 0 heterocycles. The van der Waals surface area contributed by atoms with Gasteiger partial charge in [-0.15, -0.1) is 0 Å². The van der Waals surface area contributed by atoms with E-state index in [0.717, 1.165) is 5.06 Å². The van der Waals surface area contributed by atoms with E-state index in [1.165, 1.54) is 0 Å². The van der Waals surface area contributed by atoms with Gasteiger partial charge in [0.2, 0.25) is 0 Å². The molecule has 0 spiro atoms. The number of carbonyl (C=O) groups excluding carboxylic acids is 2. The number of aldehydes is 1. The van der Waals surface area contributed by atoms with E-state index in [2.05, 4.69) is 5.32 Å². The average Bonchev–Trinajstić information content (AvgIpc) is 2.34. The van der Waals surface area contributed by atoms with Gasteiger partial charge in [0.25, 0.3) is 0 Å². The molecule has 0 saturated carbocycles. The second kappa shape index (κ2) is 6.58. The Kier molecular flexibility index (Phi) is 5.01. The van der Waals surface area contributed by atoms with Gasteiger partial charge in [0.05, 0.1) is 18.8 Å². The molecule has 1 aromatic carbocycles. The summed E-state index contributed by atoms with van der Waals surface area (Å²) in [4.78, 5) is 27.0. The lowest BCUT2D eigenvalue weighted by molar-refractivity contribution is -0.107. The highest BCUT2D eigenvalue weighted by Gasteiger charge is 2.14. The highest BCUT2D eigenvalue weighted by molar-refractivity contribution is 5.90. The van der Waals surface area contributed by atoms with E-state index >= 15 is 0 Å². The number of urea groups is 1. The van der Waals surface area contributed by atoms with Gasteiger partial charge in [0.15, 0.2) is 0 Å². The van der Waals surface area contributed by atoms with Crippen LogP contribution in [0.1, 0.15) is 6.92 Å². The third-order valence-electron chi connectivity index (χ3n) is 1.77. The minimum absolute atomic E-state index is 0.0325. The molecule has 0 radical (unpaired) electrons. The SMILES string of the molecule is CCON(C(=O)NCC=O)c1ccccc1. The third kappa shape index (κ3) is 3.36. The molecule has 16 heavy (non-hydrogen) atoms. The molecule has 1 N–H and O–H groups in total. The van der Waals surface area contributed by atoms with Gasteiger partial charge < -0.3 is 10.1 Å². The standard InChI is InChI=1S/C11H14N2O3/c1-2-16-13(11(15)12-8-9-14)10-6-4-3-5-7-10/h3-7,9H,2,8H2,1H3,(H,12,15). The molecule has 5 heteroatoms. The van der Waals surface area contributed by atoms with Crippen LogP contribution in [0.4, 0.5) is 10.5 Å². The number of amides is 2. The largest absolute Gasteiger partial charge is 0.346 e. The van der Waals surface area contributed by atoms with Crippen molar-refractivity contribution in [2.24, 2.45) is 0 Å². The summed E-state index contributed by atoms with van der Waals surface area (Å²) >= 11 is 0. The Bertz CT molecular complexity index is 340. The number of nitrogens with zero attached hydrogens (tertiary/aromatic N) is 1. The van der Waals surface area contributed by atoms with E-state index in [1.54, 1.807) is 31.2 Å². The molecule has 1 aromatic rings. The lowest BCUT2D eigenvalue weighted by Gasteiger charge is -2.20. The molecule has 0 aromatic heterocycles. The molecule has 2 amide bonds. The molecule has 0 unspecified atom stereocenters. The Morgan fingerprint density at radius 1 is 1.44 bits per heavy atom. The van der Waals surface area contributed by atoms with E-state index < -0.39 is 6.03 Å². The topological polar surface area (TPSA) is 58.6 Å². The average molecular weight is 222 g/mol. The number of carbonyl (C=O) groups is 2. The third-order valence-corrected chi connectivity index (χ3v) is 1.77. The number of nitrogens with one attached hydrogen (secondary N) is 1. The first kappa shape index (κ1) is 12.2. The van der Waals surface area contributed by atoms with E-state index in [0.29, 0.717) is 18.6 Å². The van der Waals surface area contributed by atoms with Gasteiger partial charge in [-0.05, 0) is 19.1 Å². The molecule has 0 fully saturated rings. The molecular formula is C11H14N2O3. The number of rotatable bonds is 5. The first-order valence-corrected chi connectivity index (χ1v) is 4.99. The maximum absolute atomic E-state index is 11.6. The molecule has 1 rings (SSSR count). The normalized spacial score (nSPS) is 9.56. The number of para-hydroxylation sites is 1. The molecule has 0 saturated heterocycles. The first-order valence-electron chi connectivity index (χ1n) is 4.99. The van der Waals surface area contributed by atoms with Crippen molar-refractivity contribution in [3.63, 3.8) is 0 Å². The van der Waals surface area contributed by atoms with Crippen molar-refractivity contribution < 1.29 is 14.4 Å². The lowest BCUT2D eigenvalue weighted by atomic mass is 10.3. The fourth-order valence-corrected chi connectivity index (χ4v) is 1.14. The van der Waals surface area contributed by atoms with Gasteiger partial charge in [-0.1, -0.05) is 18.2 Å². The minimum atomic E-state index is -0.458. The van der Waals surface area contributed by atoms with Gasteiger partial charge in [-0.25, -0.2) is 4.79 Å². The number of anilines is 1. The first-order chi connectivity index (χ1) is 7.79. The van der Waals surface area contributed by atoms with Gasteiger partial charge >= 0.3 is 6.03 Å². The predicted molar refractivity (Wildman–Crippen MR) is 60.0 cm³/mol. The molecular weight excluding hydrogens is 208 g/mol. The number of hydrogen-bond donors (Lipinski definition) is 1. The summed E-state index contributed by atoms with van der Waals surface area (Å²) < 4.78 is 0. The zero-order chi connectivity index (χ0) is 11.8. The summed E-state index contributed by atoms with van der Waals surface area (Å²) in [6.45, 7) is 2.11. The summed E-state index contributed by atoms with van der Waals surface area (Å²) in [5.74, 6) is 0. The van der Waals surface area contributed by atoms with Crippen LogP contribution in [-0.2, 0) is 9.63 Å². The van der Waals surface area contributed by atoms with Crippen LogP contribution in [0.5, 0.6) is 0 Å². The zero-order valence-electron chi connectivity index (χ0n) is 9.05. The van der Waals surface area contributed by atoms with E-state index in [1.807, 2.05) is 6.07 Å². The number of benzene rings is 1. The smallest absolute Gasteiger partial charge is 0.329 e. The second-order valence-corrected chi connectivity index (χ2v) is 2.90. The van der Waals surface area contributed by atoms with E-state index in [9.17, 15) is 9.59 Å². The Morgan fingerprint density at radius 2 is 2.12 bits per heavy atom. The Labute approximate surface area is 94.0 Å². The summed E-state index contributed by atoms with van der Waals surface area (Å²) in [6, 6.07) is 8.48. The maximum Gasteiger partial charge on any atom is 0.346 e. The van der Waals surface area contributed by atoms with E-state index in [4.69, 9.17) is 4.84 Å². The number of hydroxylamine groups is 1. The second-order valence-electron chi connectivity index (χ2n) is 2.90. The molecule has 0 aliphatic heterocycles. The van der Waals surface area contributed by atoms with Gasteiger partial charge in [-0.3, -0.25) is 4.84 Å². The van der Waals surface area contributed by atoms with Crippen molar-refractivity contribution in [3.05, 3.63) is 30.3 Å². The van der Waals surface area contributed by atoms with Gasteiger partial charge in [-0.2, -0.15) is 5.06 Å². The quantitative estimate of drug-likeness (QED) is 0.604. The van der Waals surface area contributed by atoms with E-state index in [-0.39, 0.29) is 6.54 Å². The highest BCUT2D eigenvalue weighted by Crippen LogP contribution is 2.13. The van der Waals surface area contributed by atoms with Crippen LogP contribution < -0.4 is 10.4 Å². The van der Waals surface area contributed by atoms with Crippen LogP contribution in [0.3, 0.4) is 0 Å². The Morgan fingerprint density at radius 3 is 2.69 bits per heavy atom. The predicted octanol–water partition coefficient (Wildman–Crippen LogP) is 1.35. The van der Waals surface area contributed by atoms with Gasteiger partial charge in [0.1, 0.15) is 6.29 Å². The summed E-state index contributed by atoms with van der Waals surface area (Å²) in [6.07, 6.45) is 0.618. The molecule has 0 bridgehead atoms. The summed E-state index contributed by atoms with van der Waals surface area (Å²) in [5, 5.41) is 3.54.